The van der Waals surface area contributed by atoms with E-state index in [2.05, 4.69) is 10.6 Å². The van der Waals surface area contributed by atoms with Gasteiger partial charge in [-0.25, -0.2) is 4.79 Å². The number of amides is 2. The number of methoxy groups -OCH3 is 1. The summed E-state index contributed by atoms with van der Waals surface area (Å²) < 4.78 is 10.1. The van der Waals surface area contributed by atoms with Crippen LogP contribution in [0, 0.1) is 5.92 Å². The summed E-state index contributed by atoms with van der Waals surface area (Å²) in [7, 11) is 1.61. The highest BCUT2D eigenvalue weighted by Gasteiger charge is 2.16. The number of ether oxygens (including phenoxy) is 2. The zero-order valence-corrected chi connectivity index (χ0v) is 12.3. The average molecular weight is 290 g/mol. The van der Waals surface area contributed by atoms with E-state index in [4.69, 9.17) is 14.6 Å². The fourth-order valence-electron chi connectivity index (χ4n) is 1.56. The second kappa shape index (κ2) is 12.7. The number of hydrogen-bond donors (Lipinski definition) is 3. The van der Waals surface area contributed by atoms with E-state index in [-0.39, 0.29) is 12.6 Å². The van der Waals surface area contributed by atoms with Crippen LogP contribution in [0.25, 0.3) is 0 Å². The predicted octanol–water partition coefficient (Wildman–Crippen LogP) is 0.840. The molecule has 1 atom stereocenters. The molecule has 7 heteroatoms. The van der Waals surface area contributed by atoms with E-state index in [9.17, 15) is 9.59 Å². The van der Waals surface area contributed by atoms with Crippen LogP contribution >= 0.6 is 0 Å². The molecule has 0 aromatic rings. The molecule has 0 radical (unpaired) electrons. The molecule has 1 unspecified atom stereocenters. The summed E-state index contributed by atoms with van der Waals surface area (Å²) in [4.78, 5) is 22.3. The van der Waals surface area contributed by atoms with Gasteiger partial charge in [-0.3, -0.25) is 4.79 Å². The van der Waals surface area contributed by atoms with Gasteiger partial charge in [-0.1, -0.05) is 13.3 Å². The Balaban J connectivity index is 3.55. The molecule has 3 N–H and O–H groups in total. The van der Waals surface area contributed by atoms with Crippen LogP contribution in [0.3, 0.4) is 0 Å². The Morgan fingerprint density at radius 2 is 1.95 bits per heavy atom. The molecular weight excluding hydrogens is 264 g/mol. The first-order chi connectivity index (χ1) is 9.61. The Labute approximate surface area is 120 Å². The molecule has 0 aromatic heterocycles. The minimum Gasteiger partial charge on any atom is -0.481 e. The van der Waals surface area contributed by atoms with E-state index in [1.54, 1.807) is 7.11 Å². The summed E-state index contributed by atoms with van der Waals surface area (Å²) in [6, 6.07) is -0.343. The molecule has 2 amide bonds. The standard InChI is InChI=1S/C13H26N2O5/c1-3-5-11(12(16)17)10-15-13(18)14-6-4-7-20-9-8-19-2/h11H,3-10H2,1-2H3,(H,16,17)(H2,14,15,18). The SMILES string of the molecule is CCCC(CNC(=O)NCCCOCCOC)C(=O)O. The van der Waals surface area contributed by atoms with E-state index >= 15 is 0 Å². The molecular formula is C13H26N2O5. The maximum absolute atomic E-state index is 11.4. The maximum atomic E-state index is 11.4. The van der Waals surface area contributed by atoms with Crippen LogP contribution in [0.5, 0.6) is 0 Å². The zero-order valence-electron chi connectivity index (χ0n) is 12.3. The molecule has 0 aromatic carbocycles. The minimum atomic E-state index is -0.876. The fraction of sp³-hybridized carbons (Fsp3) is 0.846. The molecule has 7 nitrogen and oxygen atoms in total. The van der Waals surface area contributed by atoms with Crippen LogP contribution < -0.4 is 10.6 Å². The molecule has 0 rings (SSSR count). The van der Waals surface area contributed by atoms with E-state index in [1.807, 2.05) is 6.92 Å². The first-order valence-corrected chi connectivity index (χ1v) is 6.93. The average Bonchev–Trinajstić information content (AvgIpc) is 2.42. The molecule has 0 aliphatic heterocycles. The normalized spacial score (nSPS) is 11.9. The number of carbonyl (C=O) groups excluding carboxylic acids is 1. The number of carbonyl (C=O) groups is 2. The van der Waals surface area contributed by atoms with Gasteiger partial charge >= 0.3 is 12.0 Å². The lowest BCUT2D eigenvalue weighted by atomic mass is 10.0. The van der Waals surface area contributed by atoms with Gasteiger partial charge in [-0.2, -0.15) is 0 Å². The van der Waals surface area contributed by atoms with E-state index in [0.717, 1.165) is 6.42 Å². The van der Waals surface area contributed by atoms with Gasteiger partial charge in [0.05, 0.1) is 19.1 Å². The first kappa shape index (κ1) is 18.7. The van der Waals surface area contributed by atoms with E-state index < -0.39 is 11.9 Å². The van der Waals surface area contributed by atoms with Crippen molar-refractivity contribution in [1.82, 2.24) is 10.6 Å². The smallest absolute Gasteiger partial charge is 0.314 e. The molecule has 20 heavy (non-hydrogen) atoms. The minimum absolute atomic E-state index is 0.152. The summed E-state index contributed by atoms with van der Waals surface area (Å²) in [6.07, 6.45) is 2.04. The summed E-state index contributed by atoms with van der Waals surface area (Å²) >= 11 is 0. The lowest BCUT2D eigenvalue weighted by Gasteiger charge is -2.13. The van der Waals surface area contributed by atoms with Crippen LogP contribution in [-0.2, 0) is 14.3 Å². The molecule has 0 bridgehead atoms. The Kier molecular flexibility index (Phi) is 11.8. The van der Waals surface area contributed by atoms with Gasteiger partial charge in [-0.05, 0) is 12.8 Å². The van der Waals surface area contributed by atoms with E-state index in [1.165, 1.54) is 0 Å². The molecule has 0 spiro atoms. The maximum Gasteiger partial charge on any atom is 0.314 e. The van der Waals surface area contributed by atoms with Gasteiger partial charge in [0, 0.05) is 26.8 Å². The summed E-state index contributed by atoms with van der Waals surface area (Å²) in [5.41, 5.74) is 0. The number of nitrogens with one attached hydrogen (secondary N) is 2. The number of carboxylic acid groups (broad SMARTS) is 1. The van der Waals surface area contributed by atoms with Crippen molar-refractivity contribution in [2.45, 2.75) is 26.2 Å². The quantitative estimate of drug-likeness (QED) is 0.463. The van der Waals surface area contributed by atoms with Crippen molar-refractivity contribution < 1.29 is 24.2 Å². The highest BCUT2D eigenvalue weighted by atomic mass is 16.5. The molecule has 0 aliphatic carbocycles. The van der Waals surface area contributed by atoms with Crippen molar-refractivity contribution in [2.24, 2.45) is 5.92 Å². The van der Waals surface area contributed by atoms with Crippen molar-refractivity contribution >= 4 is 12.0 Å². The Bertz CT molecular complexity index is 273. The largest absolute Gasteiger partial charge is 0.481 e. The van der Waals surface area contributed by atoms with Crippen molar-refractivity contribution in [2.75, 3.05) is 40.0 Å². The number of hydrogen-bond acceptors (Lipinski definition) is 4. The van der Waals surface area contributed by atoms with Crippen LogP contribution in [0.2, 0.25) is 0 Å². The topological polar surface area (TPSA) is 96.9 Å². The third kappa shape index (κ3) is 10.6. The van der Waals surface area contributed by atoms with Gasteiger partial charge in [-0.15, -0.1) is 0 Å². The highest BCUT2D eigenvalue weighted by Crippen LogP contribution is 2.04. The van der Waals surface area contributed by atoms with Crippen molar-refractivity contribution in [3.8, 4) is 0 Å². The van der Waals surface area contributed by atoms with Gasteiger partial charge in [0.1, 0.15) is 0 Å². The molecule has 0 heterocycles. The van der Waals surface area contributed by atoms with Crippen molar-refractivity contribution in [3.63, 3.8) is 0 Å². The molecule has 0 saturated carbocycles. The highest BCUT2D eigenvalue weighted by molar-refractivity contribution is 5.75. The van der Waals surface area contributed by atoms with Gasteiger partial charge in [0.25, 0.3) is 0 Å². The lowest BCUT2D eigenvalue weighted by molar-refractivity contribution is -0.141. The van der Waals surface area contributed by atoms with Crippen LogP contribution in [0.1, 0.15) is 26.2 Å². The number of urea groups is 1. The molecule has 118 valence electrons. The van der Waals surface area contributed by atoms with Crippen LogP contribution in [0.15, 0.2) is 0 Å². The zero-order chi connectivity index (χ0) is 15.2. The summed E-state index contributed by atoms with van der Waals surface area (Å²) in [6.45, 7) is 4.21. The molecule has 0 fully saturated rings. The third-order valence-corrected chi connectivity index (χ3v) is 2.68. The van der Waals surface area contributed by atoms with E-state index in [0.29, 0.717) is 39.2 Å². The van der Waals surface area contributed by atoms with Crippen molar-refractivity contribution in [1.29, 1.82) is 0 Å². The van der Waals surface area contributed by atoms with Crippen LogP contribution in [0.4, 0.5) is 4.79 Å². The Morgan fingerprint density at radius 1 is 1.20 bits per heavy atom. The number of rotatable bonds is 12. The van der Waals surface area contributed by atoms with Crippen LogP contribution in [-0.4, -0.2) is 57.1 Å². The summed E-state index contributed by atoms with van der Waals surface area (Å²) in [5, 5.41) is 14.2. The Hall–Kier alpha value is -1.34. The second-order valence-electron chi connectivity index (χ2n) is 4.42. The molecule has 0 saturated heterocycles. The number of carboxylic acids is 1. The third-order valence-electron chi connectivity index (χ3n) is 2.68. The van der Waals surface area contributed by atoms with Gasteiger partial charge in [0.2, 0.25) is 0 Å². The monoisotopic (exact) mass is 290 g/mol. The first-order valence-electron chi connectivity index (χ1n) is 6.93. The van der Waals surface area contributed by atoms with Crippen molar-refractivity contribution in [3.05, 3.63) is 0 Å². The van der Waals surface area contributed by atoms with Gasteiger partial charge < -0.3 is 25.2 Å². The lowest BCUT2D eigenvalue weighted by Crippen LogP contribution is -2.40. The van der Waals surface area contributed by atoms with Gasteiger partial charge in [0.15, 0.2) is 0 Å². The predicted molar refractivity (Wildman–Crippen MR) is 74.7 cm³/mol. The molecule has 0 aliphatic rings. The fourth-order valence-corrected chi connectivity index (χ4v) is 1.56. The second-order valence-corrected chi connectivity index (χ2v) is 4.42. The Morgan fingerprint density at radius 3 is 2.55 bits per heavy atom. The summed E-state index contributed by atoms with van der Waals surface area (Å²) in [5.74, 6) is -1.40. The number of aliphatic carboxylic acids is 1.